The van der Waals surface area contributed by atoms with Crippen molar-refractivity contribution in [2.45, 2.75) is 46.1 Å². The topological polar surface area (TPSA) is 86.8 Å². The van der Waals surface area contributed by atoms with Gasteiger partial charge in [0.1, 0.15) is 22.9 Å². The van der Waals surface area contributed by atoms with E-state index in [0.29, 0.717) is 17.2 Å². The Balaban J connectivity index is 1.45. The average Bonchev–Trinajstić information content (AvgIpc) is 3.07. The Morgan fingerprint density at radius 1 is 0.814 bits per heavy atom. The number of ether oxygens (including phenoxy) is 1. The van der Waals surface area contributed by atoms with Crippen molar-refractivity contribution in [3.05, 3.63) is 102 Å². The number of anilines is 5. The standard InChI is InChI=1S/C32H30F3N5O3/c1-20-7-5-9-23(15-20)36-27-17-22(18-28(38-27)37-24-10-6-8-21(2)16-24)19-39-30(42)40(29(41)31(39,3)4)25-11-13-26(14-12-25)43-32(33,34)35/h5-18H,19H2,1-4H3,(H2,36,37,38). The van der Waals surface area contributed by atoms with Crippen LogP contribution in [0, 0.1) is 13.8 Å². The maximum atomic E-state index is 13.6. The SMILES string of the molecule is Cc1cccc(Nc2cc(CN3C(=O)N(c4ccc(OC(F)(F)F)cc4)C(=O)C3(C)C)cc(Nc3cccc(C)c3)n2)c1. The Kier molecular flexibility index (Phi) is 7.74. The number of hydrogen-bond acceptors (Lipinski definition) is 6. The van der Waals surface area contributed by atoms with Crippen molar-refractivity contribution in [3.63, 3.8) is 0 Å². The van der Waals surface area contributed by atoms with Crippen LogP contribution >= 0.6 is 0 Å². The Hall–Kier alpha value is -5.06. The minimum atomic E-state index is -4.86. The van der Waals surface area contributed by atoms with Gasteiger partial charge in [-0.05, 0) is 105 Å². The summed E-state index contributed by atoms with van der Waals surface area (Å²) in [5.74, 6) is 0.107. The van der Waals surface area contributed by atoms with E-state index in [1.807, 2.05) is 74.5 Å². The van der Waals surface area contributed by atoms with E-state index in [1.54, 1.807) is 13.8 Å². The first-order valence-electron chi connectivity index (χ1n) is 13.5. The molecule has 0 atom stereocenters. The summed E-state index contributed by atoms with van der Waals surface area (Å²) in [6.45, 7) is 7.30. The number of imide groups is 1. The number of rotatable bonds is 8. The number of urea groups is 1. The maximum absolute atomic E-state index is 13.6. The molecule has 4 aromatic rings. The summed E-state index contributed by atoms with van der Waals surface area (Å²) in [6, 6.07) is 23.3. The van der Waals surface area contributed by atoms with Gasteiger partial charge in [-0.3, -0.25) is 4.79 Å². The summed E-state index contributed by atoms with van der Waals surface area (Å²) in [7, 11) is 0. The second-order valence-electron chi connectivity index (χ2n) is 10.8. The van der Waals surface area contributed by atoms with Crippen LogP contribution in [0.1, 0.15) is 30.5 Å². The molecular formula is C32H30F3N5O3. The minimum Gasteiger partial charge on any atom is -0.406 e. The summed E-state index contributed by atoms with van der Waals surface area (Å²) in [6.07, 6.45) is -4.86. The van der Waals surface area contributed by atoms with Crippen molar-refractivity contribution >= 4 is 40.6 Å². The first-order chi connectivity index (χ1) is 20.3. The third kappa shape index (κ3) is 6.72. The average molecular weight is 590 g/mol. The highest BCUT2D eigenvalue weighted by Crippen LogP contribution is 2.35. The van der Waals surface area contributed by atoms with Gasteiger partial charge in [-0.15, -0.1) is 13.2 Å². The highest BCUT2D eigenvalue weighted by molar-refractivity contribution is 6.22. The van der Waals surface area contributed by atoms with E-state index >= 15 is 0 Å². The van der Waals surface area contributed by atoms with E-state index in [0.717, 1.165) is 39.5 Å². The predicted octanol–water partition coefficient (Wildman–Crippen LogP) is 7.83. The van der Waals surface area contributed by atoms with Crippen LogP contribution in [0.4, 0.5) is 46.7 Å². The quantitative estimate of drug-likeness (QED) is 0.204. The van der Waals surface area contributed by atoms with Crippen LogP contribution in [-0.4, -0.2) is 33.7 Å². The molecule has 1 fully saturated rings. The normalized spacial score (nSPS) is 14.7. The van der Waals surface area contributed by atoms with Gasteiger partial charge in [0.15, 0.2) is 0 Å². The zero-order valence-electron chi connectivity index (χ0n) is 24.0. The van der Waals surface area contributed by atoms with E-state index in [2.05, 4.69) is 15.4 Å². The monoisotopic (exact) mass is 589 g/mol. The molecule has 1 aromatic heterocycles. The molecule has 0 spiro atoms. The molecule has 0 saturated carbocycles. The number of pyridine rings is 1. The van der Waals surface area contributed by atoms with Gasteiger partial charge in [0.25, 0.3) is 5.91 Å². The summed E-state index contributed by atoms with van der Waals surface area (Å²) >= 11 is 0. The van der Waals surface area contributed by atoms with Crippen LogP contribution in [0.2, 0.25) is 0 Å². The van der Waals surface area contributed by atoms with Gasteiger partial charge in [-0.2, -0.15) is 0 Å². The molecule has 3 aromatic carbocycles. The fourth-order valence-electron chi connectivity index (χ4n) is 4.86. The molecule has 222 valence electrons. The Morgan fingerprint density at radius 3 is 1.84 bits per heavy atom. The van der Waals surface area contributed by atoms with Crippen LogP contribution in [0.5, 0.6) is 5.75 Å². The molecule has 0 aliphatic carbocycles. The van der Waals surface area contributed by atoms with Crippen molar-refractivity contribution in [1.29, 1.82) is 0 Å². The van der Waals surface area contributed by atoms with Crippen LogP contribution in [0.25, 0.3) is 0 Å². The molecule has 3 amide bonds. The zero-order chi connectivity index (χ0) is 30.9. The number of aromatic nitrogens is 1. The van der Waals surface area contributed by atoms with Gasteiger partial charge in [0.05, 0.1) is 5.69 Å². The molecule has 11 heteroatoms. The number of alkyl halides is 3. The number of aryl methyl sites for hydroxylation is 2. The molecule has 0 bridgehead atoms. The van der Waals surface area contributed by atoms with Gasteiger partial charge < -0.3 is 20.3 Å². The van der Waals surface area contributed by atoms with Crippen LogP contribution in [0.3, 0.4) is 0 Å². The lowest BCUT2D eigenvalue weighted by atomic mass is 10.0. The number of hydrogen-bond donors (Lipinski definition) is 2. The van der Waals surface area contributed by atoms with Gasteiger partial charge in [0.2, 0.25) is 0 Å². The molecule has 0 unspecified atom stereocenters. The molecule has 1 aliphatic rings. The second-order valence-corrected chi connectivity index (χ2v) is 10.8. The van der Waals surface area contributed by atoms with Crippen molar-refractivity contribution < 1.29 is 27.5 Å². The lowest BCUT2D eigenvalue weighted by Gasteiger charge is -2.28. The van der Waals surface area contributed by atoms with Crippen LogP contribution < -0.4 is 20.3 Å². The van der Waals surface area contributed by atoms with Gasteiger partial charge in [-0.25, -0.2) is 14.7 Å². The molecule has 43 heavy (non-hydrogen) atoms. The lowest BCUT2D eigenvalue weighted by Crippen LogP contribution is -2.43. The van der Waals surface area contributed by atoms with E-state index in [9.17, 15) is 22.8 Å². The molecule has 0 radical (unpaired) electrons. The van der Waals surface area contributed by atoms with Crippen molar-refractivity contribution in [3.8, 4) is 5.75 Å². The zero-order valence-corrected chi connectivity index (χ0v) is 24.0. The van der Waals surface area contributed by atoms with Crippen molar-refractivity contribution in [2.24, 2.45) is 0 Å². The number of carbonyl (C=O) groups is 2. The van der Waals surface area contributed by atoms with Crippen LogP contribution in [-0.2, 0) is 11.3 Å². The summed E-state index contributed by atoms with van der Waals surface area (Å²) in [4.78, 5) is 34.2. The molecule has 1 saturated heterocycles. The van der Waals surface area contributed by atoms with E-state index in [1.165, 1.54) is 17.0 Å². The third-order valence-corrected chi connectivity index (χ3v) is 6.96. The van der Waals surface area contributed by atoms with Crippen molar-refractivity contribution in [2.75, 3.05) is 15.5 Å². The van der Waals surface area contributed by atoms with Crippen LogP contribution in [0.15, 0.2) is 84.9 Å². The number of amides is 3. The highest BCUT2D eigenvalue weighted by Gasteiger charge is 2.51. The Bertz CT molecular complexity index is 1610. The molecule has 2 heterocycles. The van der Waals surface area contributed by atoms with Crippen molar-refractivity contribution in [1.82, 2.24) is 9.88 Å². The lowest BCUT2D eigenvalue weighted by molar-refractivity contribution is -0.274. The third-order valence-electron chi connectivity index (χ3n) is 6.96. The summed E-state index contributed by atoms with van der Waals surface area (Å²) < 4.78 is 41.7. The first kappa shape index (κ1) is 29.4. The number of nitrogens with zero attached hydrogens (tertiary/aromatic N) is 3. The summed E-state index contributed by atoms with van der Waals surface area (Å²) in [5, 5.41) is 6.64. The number of halogens is 3. The van der Waals surface area contributed by atoms with E-state index in [4.69, 9.17) is 4.98 Å². The Morgan fingerprint density at radius 2 is 1.35 bits per heavy atom. The smallest absolute Gasteiger partial charge is 0.406 e. The highest BCUT2D eigenvalue weighted by atomic mass is 19.4. The molecule has 1 aliphatic heterocycles. The second kappa shape index (κ2) is 11.3. The minimum absolute atomic E-state index is 0.0663. The number of carbonyl (C=O) groups excluding carboxylic acids is 2. The fraction of sp³-hybridized carbons (Fsp3) is 0.219. The molecule has 5 rings (SSSR count). The summed E-state index contributed by atoms with van der Waals surface area (Å²) in [5.41, 5.74) is 3.41. The molecule has 2 N–H and O–H groups in total. The Labute approximate surface area is 247 Å². The fourth-order valence-corrected chi connectivity index (χ4v) is 4.86. The first-order valence-corrected chi connectivity index (χ1v) is 13.5. The largest absolute Gasteiger partial charge is 0.573 e. The van der Waals surface area contributed by atoms with Gasteiger partial charge in [-0.1, -0.05) is 24.3 Å². The maximum Gasteiger partial charge on any atom is 0.573 e. The van der Waals surface area contributed by atoms with Gasteiger partial charge >= 0.3 is 12.4 Å². The number of benzene rings is 3. The van der Waals surface area contributed by atoms with E-state index in [-0.39, 0.29) is 12.2 Å². The predicted molar refractivity (Wildman–Crippen MR) is 159 cm³/mol. The molecular weight excluding hydrogens is 559 g/mol. The molecule has 8 nitrogen and oxygen atoms in total. The van der Waals surface area contributed by atoms with Gasteiger partial charge in [0, 0.05) is 17.9 Å². The number of nitrogens with one attached hydrogen (secondary N) is 2. The van der Waals surface area contributed by atoms with E-state index < -0.39 is 29.6 Å².